The third kappa shape index (κ3) is 2.41. The second-order valence-electron chi connectivity index (χ2n) is 4.98. The van der Waals surface area contributed by atoms with E-state index in [1.165, 1.54) is 23.1 Å². The standard InChI is InChI=1S/C15H18O/c1-11(2)3-4-12-5-6-14-8-13(10-16)9-15(14)7-12/h5-7,9-11H,3-4,8H2,1-2H3. The van der Waals surface area contributed by atoms with Crippen LogP contribution in [0.5, 0.6) is 0 Å². The van der Waals surface area contributed by atoms with Crippen molar-refractivity contribution in [3.05, 3.63) is 40.5 Å². The molecule has 1 aliphatic carbocycles. The monoisotopic (exact) mass is 214 g/mol. The maximum atomic E-state index is 10.7. The summed E-state index contributed by atoms with van der Waals surface area (Å²) in [6.45, 7) is 4.50. The van der Waals surface area contributed by atoms with Crippen LogP contribution < -0.4 is 0 Å². The Morgan fingerprint density at radius 2 is 2.19 bits per heavy atom. The van der Waals surface area contributed by atoms with Crippen LogP contribution in [-0.4, -0.2) is 6.29 Å². The van der Waals surface area contributed by atoms with E-state index in [4.69, 9.17) is 0 Å². The van der Waals surface area contributed by atoms with Crippen LogP contribution in [-0.2, 0) is 17.6 Å². The number of carbonyl (C=O) groups is 1. The number of hydrogen-bond donors (Lipinski definition) is 0. The van der Waals surface area contributed by atoms with Crippen LogP contribution in [0.1, 0.15) is 37.0 Å². The quantitative estimate of drug-likeness (QED) is 0.702. The van der Waals surface area contributed by atoms with Gasteiger partial charge in [0.15, 0.2) is 0 Å². The molecular weight excluding hydrogens is 196 g/mol. The van der Waals surface area contributed by atoms with Crippen molar-refractivity contribution in [1.82, 2.24) is 0 Å². The summed E-state index contributed by atoms with van der Waals surface area (Å²) in [6, 6.07) is 6.59. The molecule has 0 aliphatic heterocycles. The molecule has 0 saturated heterocycles. The Hall–Kier alpha value is -1.37. The van der Waals surface area contributed by atoms with Crippen LogP contribution in [0.3, 0.4) is 0 Å². The fraction of sp³-hybridized carbons (Fsp3) is 0.400. The van der Waals surface area contributed by atoms with E-state index in [-0.39, 0.29) is 0 Å². The summed E-state index contributed by atoms with van der Waals surface area (Å²) in [5.74, 6) is 0.745. The average molecular weight is 214 g/mol. The van der Waals surface area contributed by atoms with E-state index in [0.717, 1.165) is 30.6 Å². The number of aryl methyl sites for hydroxylation is 1. The molecule has 0 saturated carbocycles. The molecule has 0 heterocycles. The SMILES string of the molecule is CC(C)CCc1ccc2c(c1)C=C(C=O)C2. The van der Waals surface area contributed by atoms with Crippen LogP contribution >= 0.6 is 0 Å². The van der Waals surface area contributed by atoms with Gasteiger partial charge in [-0.2, -0.15) is 0 Å². The third-order valence-corrected chi connectivity index (χ3v) is 3.11. The molecule has 0 aromatic heterocycles. The number of rotatable bonds is 4. The summed E-state index contributed by atoms with van der Waals surface area (Å²) < 4.78 is 0. The molecule has 0 unspecified atom stereocenters. The van der Waals surface area contributed by atoms with Crippen molar-refractivity contribution < 1.29 is 4.79 Å². The summed E-state index contributed by atoms with van der Waals surface area (Å²) >= 11 is 0. The Bertz CT molecular complexity index is 427. The summed E-state index contributed by atoms with van der Waals surface area (Å²) in [5, 5.41) is 0. The minimum absolute atomic E-state index is 0.745. The normalized spacial score (nSPS) is 13.8. The Morgan fingerprint density at radius 3 is 2.88 bits per heavy atom. The van der Waals surface area contributed by atoms with Gasteiger partial charge >= 0.3 is 0 Å². The third-order valence-electron chi connectivity index (χ3n) is 3.11. The molecule has 1 aliphatic rings. The van der Waals surface area contributed by atoms with Crippen LogP contribution in [0.15, 0.2) is 23.8 Å². The first-order valence-electron chi connectivity index (χ1n) is 5.96. The summed E-state index contributed by atoms with van der Waals surface area (Å²) in [7, 11) is 0. The number of carbonyl (C=O) groups excluding carboxylic acids is 1. The lowest BCUT2D eigenvalue weighted by molar-refractivity contribution is -0.104. The number of fused-ring (bicyclic) bond motifs is 1. The maximum absolute atomic E-state index is 10.7. The zero-order chi connectivity index (χ0) is 11.5. The summed E-state index contributed by atoms with van der Waals surface area (Å²) in [5.41, 5.74) is 4.81. The highest BCUT2D eigenvalue weighted by molar-refractivity contribution is 5.86. The molecule has 1 nitrogen and oxygen atoms in total. The highest BCUT2D eigenvalue weighted by Gasteiger charge is 2.12. The van der Waals surface area contributed by atoms with Gasteiger partial charge in [-0.1, -0.05) is 32.0 Å². The highest BCUT2D eigenvalue weighted by Crippen LogP contribution is 2.25. The smallest absolute Gasteiger partial charge is 0.146 e. The van der Waals surface area contributed by atoms with Crippen LogP contribution in [0.2, 0.25) is 0 Å². The van der Waals surface area contributed by atoms with E-state index in [9.17, 15) is 4.79 Å². The first kappa shape index (κ1) is 11.1. The predicted octanol–water partition coefficient (Wildman–Crippen LogP) is 3.41. The van der Waals surface area contributed by atoms with Crippen molar-refractivity contribution in [3.63, 3.8) is 0 Å². The zero-order valence-electron chi connectivity index (χ0n) is 9.99. The van der Waals surface area contributed by atoms with Crippen molar-refractivity contribution in [2.75, 3.05) is 0 Å². The van der Waals surface area contributed by atoms with Crippen LogP contribution in [0, 0.1) is 5.92 Å². The second kappa shape index (κ2) is 4.65. The van der Waals surface area contributed by atoms with Gasteiger partial charge < -0.3 is 0 Å². The highest BCUT2D eigenvalue weighted by atomic mass is 16.1. The predicted molar refractivity (Wildman–Crippen MR) is 67.3 cm³/mol. The number of allylic oxidation sites excluding steroid dienone is 1. The molecule has 0 radical (unpaired) electrons. The van der Waals surface area contributed by atoms with Crippen molar-refractivity contribution in [2.45, 2.75) is 33.1 Å². The van der Waals surface area contributed by atoms with Crippen molar-refractivity contribution in [3.8, 4) is 0 Å². The lowest BCUT2D eigenvalue weighted by Gasteiger charge is -2.06. The van der Waals surface area contributed by atoms with E-state index in [2.05, 4.69) is 32.0 Å². The minimum atomic E-state index is 0.745. The van der Waals surface area contributed by atoms with Crippen LogP contribution in [0.25, 0.3) is 6.08 Å². The molecule has 16 heavy (non-hydrogen) atoms. The number of hydrogen-bond acceptors (Lipinski definition) is 1. The lowest BCUT2D eigenvalue weighted by atomic mass is 9.99. The van der Waals surface area contributed by atoms with Crippen molar-refractivity contribution >= 4 is 12.4 Å². The van der Waals surface area contributed by atoms with Gasteiger partial charge in [0.05, 0.1) is 0 Å². The molecule has 0 atom stereocenters. The minimum Gasteiger partial charge on any atom is -0.298 e. The van der Waals surface area contributed by atoms with Gasteiger partial charge in [0.2, 0.25) is 0 Å². The first-order valence-corrected chi connectivity index (χ1v) is 5.96. The molecule has 1 aromatic carbocycles. The largest absolute Gasteiger partial charge is 0.298 e. The van der Waals surface area contributed by atoms with Crippen molar-refractivity contribution in [1.29, 1.82) is 0 Å². The average Bonchev–Trinajstić information content (AvgIpc) is 2.68. The van der Waals surface area contributed by atoms with E-state index < -0.39 is 0 Å². The molecule has 84 valence electrons. The van der Waals surface area contributed by atoms with Crippen molar-refractivity contribution in [2.24, 2.45) is 5.92 Å². The topological polar surface area (TPSA) is 17.1 Å². The number of aldehydes is 1. The molecule has 0 fully saturated rings. The van der Waals surface area contributed by atoms with Crippen LogP contribution in [0.4, 0.5) is 0 Å². The molecule has 0 amide bonds. The summed E-state index contributed by atoms with van der Waals surface area (Å²) in [4.78, 5) is 10.7. The molecule has 1 aromatic rings. The lowest BCUT2D eigenvalue weighted by Crippen LogP contribution is -1.93. The summed E-state index contributed by atoms with van der Waals surface area (Å²) in [6.07, 6.45) is 6.15. The Morgan fingerprint density at radius 1 is 1.38 bits per heavy atom. The molecular formula is C15H18O. The molecule has 0 N–H and O–H groups in total. The van der Waals surface area contributed by atoms with Gasteiger partial charge in [0.25, 0.3) is 0 Å². The van der Waals surface area contributed by atoms with Gasteiger partial charge in [0.1, 0.15) is 6.29 Å². The van der Waals surface area contributed by atoms with Gasteiger partial charge in [-0.25, -0.2) is 0 Å². The molecule has 2 rings (SSSR count). The van der Waals surface area contributed by atoms with E-state index in [0.29, 0.717) is 0 Å². The Labute approximate surface area is 97.2 Å². The van der Waals surface area contributed by atoms with Gasteiger partial charge in [0, 0.05) is 6.42 Å². The van der Waals surface area contributed by atoms with E-state index in [1.54, 1.807) is 0 Å². The van der Waals surface area contributed by atoms with Gasteiger partial charge in [-0.15, -0.1) is 0 Å². The van der Waals surface area contributed by atoms with E-state index >= 15 is 0 Å². The Balaban J connectivity index is 2.14. The number of benzene rings is 1. The Kier molecular flexibility index (Phi) is 3.23. The molecule has 1 heteroatoms. The fourth-order valence-corrected chi connectivity index (χ4v) is 2.10. The zero-order valence-corrected chi connectivity index (χ0v) is 9.99. The maximum Gasteiger partial charge on any atom is 0.146 e. The van der Waals surface area contributed by atoms with Gasteiger partial charge in [-0.05, 0) is 47.1 Å². The van der Waals surface area contributed by atoms with E-state index in [1.807, 2.05) is 6.08 Å². The first-order chi connectivity index (χ1) is 7.69. The van der Waals surface area contributed by atoms with Gasteiger partial charge in [-0.3, -0.25) is 4.79 Å². The molecule has 0 spiro atoms. The fourth-order valence-electron chi connectivity index (χ4n) is 2.10. The second-order valence-corrected chi connectivity index (χ2v) is 4.98. The molecule has 0 bridgehead atoms.